The highest BCUT2D eigenvalue weighted by atomic mass is 16.5. The van der Waals surface area contributed by atoms with Crippen LogP contribution < -0.4 is 19.7 Å². The van der Waals surface area contributed by atoms with Gasteiger partial charge in [0.1, 0.15) is 18.0 Å². The van der Waals surface area contributed by atoms with Crippen molar-refractivity contribution in [2.24, 2.45) is 0 Å². The van der Waals surface area contributed by atoms with Gasteiger partial charge in [0.25, 0.3) is 11.8 Å². The van der Waals surface area contributed by atoms with Crippen molar-refractivity contribution in [3.63, 3.8) is 0 Å². The van der Waals surface area contributed by atoms with E-state index in [9.17, 15) is 14.4 Å². The normalized spacial score (nSPS) is 17.1. The van der Waals surface area contributed by atoms with Gasteiger partial charge in [-0.25, -0.2) is 0 Å². The zero-order valence-electron chi connectivity index (χ0n) is 18.9. The van der Waals surface area contributed by atoms with Gasteiger partial charge in [-0.1, -0.05) is 12.1 Å². The molecule has 174 valence electrons. The summed E-state index contributed by atoms with van der Waals surface area (Å²) in [4.78, 5) is 42.1. The number of morpholine rings is 1. The van der Waals surface area contributed by atoms with Gasteiger partial charge in [-0.3, -0.25) is 19.3 Å². The van der Waals surface area contributed by atoms with E-state index >= 15 is 0 Å². The number of methoxy groups -OCH3 is 1. The Bertz CT molecular complexity index is 1080. The van der Waals surface area contributed by atoms with Crippen LogP contribution in [-0.2, 0) is 14.3 Å². The van der Waals surface area contributed by atoms with Gasteiger partial charge in [-0.2, -0.15) is 0 Å². The van der Waals surface area contributed by atoms with Gasteiger partial charge in [-0.15, -0.1) is 0 Å². The molecule has 0 saturated carbocycles. The largest absolute Gasteiger partial charge is 0.495 e. The van der Waals surface area contributed by atoms with Crippen molar-refractivity contribution in [3.8, 4) is 11.5 Å². The highest BCUT2D eigenvalue weighted by Gasteiger charge is 2.42. The molecule has 1 saturated heterocycles. The van der Waals surface area contributed by atoms with Crippen LogP contribution in [-0.4, -0.2) is 68.2 Å². The average Bonchev–Trinajstić information content (AvgIpc) is 2.82. The van der Waals surface area contributed by atoms with E-state index in [4.69, 9.17) is 14.2 Å². The minimum absolute atomic E-state index is 0.143. The quantitative estimate of drug-likeness (QED) is 0.746. The van der Waals surface area contributed by atoms with Crippen molar-refractivity contribution in [3.05, 3.63) is 48.0 Å². The lowest BCUT2D eigenvalue weighted by atomic mass is 10.0. The highest BCUT2D eigenvalue weighted by molar-refractivity contribution is 6.09. The van der Waals surface area contributed by atoms with E-state index in [1.165, 1.54) is 12.0 Å². The minimum atomic E-state index is -1.14. The van der Waals surface area contributed by atoms with Crippen LogP contribution >= 0.6 is 0 Å². The van der Waals surface area contributed by atoms with Crippen LogP contribution in [0.25, 0.3) is 0 Å². The number of rotatable bonds is 5. The number of hydrogen-bond acceptors (Lipinski definition) is 6. The molecule has 1 fully saturated rings. The molecule has 0 atom stereocenters. The van der Waals surface area contributed by atoms with Gasteiger partial charge in [0.05, 0.1) is 31.7 Å². The third kappa shape index (κ3) is 4.63. The fraction of sp³-hybridized carbons (Fsp3) is 0.375. The van der Waals surface area contributed by atoms with Crippen molar-refractivity contribution < 1.29 is 28.6 Å². The van der Waals surface area contributed by atoms with E-state index in [1.54, 1.807) is 61.2 Å². The maximum Gasteiger partial charge on any atom is 0.271 e. The molecule has 4 rings (SSSR count). The number of fused-ring (bicyclic) bond motifs is 1. The molecule has 2 aromatic carbocycles. The molecule has 0 aliphatic carbocycles. The van der Waals surface area contributed by atoms with Gasteiger partial charge < -0.3 is 24.4 Å². The van der Waals surface area contributed by atoms with Crippen LogP contribution in [0, 0.1) is 0 Å². The molecule has 9 heteroatoms. The molecular formula is C24H27N3O6. The topological polar surface area (TPSA) is 97.4 Å². The van der Waals surface area contributed by atoms with Crippen molar-refractivity contribution in [1.29, 1.82) is 0 Å². The molecule has 0 radical (unpaired) electrons. The smallest absolute Gasteiger partial charge is 0.271 e. The Morgan fingerprint density at radius 2 is 1.85 bits per heavy atom. The minimum Gasteiger partial charge on any atom is -0.495 e. The van der Waals surface area contributed by atoms with Crippen LogP contribution in [0.3, 0.4) is 0 Å². The standard InChI is InChI=1S/C24H27N3O6/c1-24(2)23(30)27(15-21(28)26-10-12-32-13-11-26)18-14-16(8-9-20(18)33-24)22(29)25-17-6-4-5-7-19(17)31-3/h4-9,14H,10-13,15H2,1-3H3,(H,25,29). The molecular weight excluding hydrogens is 426 g/mol. The van der Waals surface area contributed by atoms with E-state index in [0.29, 0.717) is 54.7 Å². The summed E-state index contributed by atoms with van der Waals surface area (Å²) in [5.41, 5.74) is 0.0863. The summed E-state index contributed by atoms with van der Waals surface area (Å²) in [6, 6.07) is 11.9. The maximum atomic E-state index is 13.2. The van der Waals surface area contributed by atoms with Gasteiger partial charge >= 0.3 is 0 Å². The molecule has 0 unspecified atom stereocenters. The van der Waals surface area contributed by atoms with E-state index in [-0.39, 0.29) is 24.3 Å². The summed E-state index contributed by atoms with van der Waals surface area (Å²) in [6.07, 6.45) is 0. The second-order valence-corrected chi connectivity index (χ2v) is 8.33. The molecule has 2 aliphatic heterocycles. The van der Waals surface area contributed by atoms with E-state index < -0.39 is 5.60 Å². The third-order valence-electron chi connectivity index (χ3n) is 5.65. The number of para-hydroxylation sites is 2. The number of amides is 3. The van der Waals surface area contributed by atoms with E-state index in [1.807, 2.05) is 0 Å². The number of nitrogens with one attached hydrogen (secondary N) is 1. The Labute approximate surface area is 192 Å². The first-order valence-corrected chi connectivity index (χ1v) is 10.7. The zero-order chi connectivity index (χ0) is 23.6. The first kappa shape index (κ1) is 22.6. The number of carbonyl (C=O) groups excluding carboxylic acids is 3. The van der Waals surface area contributed by atoms with Crippen LogP contribution in [0.4, 0.5) is 11.4 Å². The lowest BCUT2D eigenvalue weighted by molar-refractivity contribution is -0.138. The summed E-state index contributed by atoms with van der Waals surface area (Å²) in [5, 5.41) is 2.82. The molecule has 2 heterocycles. The Morgan fingerprint density at radius 1 is 1.12 bits per heavy atom. The van der Waals surface area contributed by atoms with E-state index in [0.717, 1.165) is 0 Å². The van der Waals surface area contributed by atoms with Crippen molar-refractivity contribution >= 4 is 29.1 Å². The Morgan fingerprint density at radius 3 is 2.58 bits per heavy atom. The molecule has 3 amide bonds. The van der Waals surface area contributed by atoms with Crippen LogP contribution in [0.5, 0.6) is 11.5 Å². The fourth-order valence-electron chi connectivity index (χ4n) is 3.86. The summed E-state index contributed by atoms with van der Waals surface area (Å²) in [7, 11) is 1.53. The number of nitrogens with zero attached hydrogens (tertiary/aromatic N) is 2. The summed E-state index contributed by atoms with van der Waals surface area (Å²) in [6.45, 7) is 5.08. The second kappa shape index (κ2) is 9.11. The molecule has 2 aromatic rings. The van der Waals surface area contributed by atoms with Gasteiger partial charge in [0, 0.05) is 18.7 Å². The van der Waals surface area contributed by atoms with Crippen molar-refractivity contribution in [2.75, 3.05) is 50.2 Å². The van der Waals surface area contributed by atoms with Crippen LogP contribution in [0.15, 0.2) is 42.5 Å². The third-order valence-corrected chi connectivity index (χ3v) is 5.65. The predicted molar refractivity (Wildman–Crippen MR) is 122 cm³/mol. The molecule has 1 N–H and O–H groups in total. The highest BCUT2D eigenvalue weighted by Crippen LogP contribution is 2.38. The number of anilines is 2. The first-order valence-electron chi connectivity index (χ1n) is 10.7. The number of carbonyl (C=O) groups is 3. The number of hydrogen-bond donors (Lipinski definition) is 1. The summed E-state index contributed by atoms with van der Waals surface area (Å²) >= 11 is 0. The van der Waals surface area contributed by atoms with Gasteiger partial charge in [0.15, 0.2) is 5.60 Å². The summed E-state index contributed by atoms with van der Waals surface area (Å²) < 4.78 is 16.5. The number of benzene rings is 2. The van der Waals surface area contributed by atoms with Gasteiger partial charge in [0.2, 0.25) is 5.91 Å². The lowest BCUT2D eigenvalue weighted by Gasteiger charge is -2.39. The number of ether oxygens (including phenoxy) is 3. The van der Waals surface area contributed by atoms with Crippen molar-refractivity contribution in [2.45, 2.75) is 19.4 Å². The molecule has 0 spiro atoms. The molecule has 0 bridgehead atoms. The molecule has 0 aromatic heterocycles. The van der Waals surface area contributed by atoms with Crippen LogP contribution in [0.1, 0.15) is 24.2 Å². The summed E-state index contributed by atoms with van der Waals surface area (Å²) in [5.74, 6) is 0.0575. The molecule has 2 aliphatic rings. The average molecular weight is 453 g/mol. The Balaban J connectivity index is 1.62. The lowest BCUT2D eigenvalue weighted by Crippen LogP contribution is -2.56. The van der Waals surface area contributed by atoms with Gasteiger partial charge in [-0.05, 0) is 44.2 Å². The predicted octanol–water partition coefficient (Wildman–Crippen LogP) is 2.31. The van der Waals surface area contributed by atoms with Crippen molar-refractivity contribution in [1.82, 2.24) is 4.90 Å². The van der Waals surface area contributed by atoms with Crippen LogP contribution in [0.2, 0.25) is 0 Å². The monoisotopic (exact) mass is 453 g/mol. The molecule has 9 nitrogen and oxygen atoms in total. The fourth-order valence-corrected chi connectivity index (χ4v) is 3.86. The Kier molecular flexibility index (Phi) is 6.24. The zero-order valence-corrected chi connectivity index (χ0v) is 18.9. The molecule has 33 heavy (non-hydrogen) atoms. The second-order valence-electron chi connectivity index (χ2n) is 8.33. The maximum absolute atomic E-state index is 13.2. The Hall–Kier alpha value is -3.59. The first-order chi connectivity index (χ1) is 15.8. The van der Waals surface area contributed by atoms with E-state index in [2.05, 4.69) is 5.32 Å². The SMILES string of the molecule is COc1ccccc1NC(=O)c1ccc2c(c1)N(CC(=O)N1CCOCC1)C(=O)C(C)(C)O2.